The van der Waals surface area contributed by atoms with Crippen molar-refractivity contribution in [1.29, 1.82) is 0 Å². The van der Waals surface area contributed by atoms with Gasteiger partial charge in [0.2, 0.25) is 0 Å². The van der Waals surface area contributed by atoms with Gasteiger partial charge in [-0.2, -0.15) is 0 Å². The van der Waals surface area contributed by atoms with Crippen molar-refractivity contribution in [1.82, 2.24) is 5.32 Å². The van der Waals surface area contributed by atoms with Gasteiger partial charge >= 0.3 is 0 Å². The summed E-state index contributed by atoms with van der Waals surface area (Å²) in [6.07, 6.45) is 3.53. The lowest BCUT2D eigenvalue weighted by molar-refractivity contribution is -0.0438. The SMILES string of the molecule is CC1CC(NC(CCO)c2cccs2)CC(C)O1. The highest BCUT2D eigenvalue weighted by Gasteiger charge is 2.26. The van der Waals surface area contributed by atoms with Crippen LogP contribution < -0.4 is 5.32 Å². The zero-order chi connectivity index (χ0) is 13.0. The molecule has 1 aromatic heterocycles. The predicted molar refractivity (Wildman–Crippen MR) is 74.9 cm³/mol. The van der Waals surface area contributed by atoms with Gasteiger partial charge in [-0.1, -0.05) is 6.07 Å². The van der Waals surface area contributed by atoms with E-state index >= 15 is 0 Å². The molecule has 0 saturated carbocycles. The number of aliphatic hydroxyl groups excluding tert-OH is 1. The van der Waals surface area contributed by atoms with Gasteiger partial charge in [-0.15, -0.1) is 11.3 Å². The summed E-state index contributed by atoms with van der Waals surface area (Å²) in [7, 11) is 0. The molecule has 1 saturated heterocycles. The van der Waals surface area contributed by atoms with Gasteiger partial charge in [-0.3, -0.25) is 0 Å². The fourth-order valence-electron chi connectivity index (χ4n) is 2.75. The summed E-state index contributed by atoms with van der Waals surface area (Å²) < 4.78 is 5.76. The molecule has 0 aliphatic carbocycles. The highest BCUT2D eigenvalue weighted by atomic mass is 32.1. The first-order chi connectivity index (χ1) is 8.69. The van der Waals surface area contributed by atoms with Crippen LogP contribution in [-0.2, 0) is 4.74 Å². The van der Waals surface area contributed by atoms with E-state index in [1.165, 1.54) is 4.88 Å². The van der Waals surface area contributed by atoms with Crippen molar-refractivity contribution < 1.29 is 9.84 Å². The van der Waals surface area contributed by atoms with E-state index in [1.54, 1.807) is 11.3 Å². The van der Waals surface area contributed by atoms with E-state index in [0.29, 0.717) is 18.2 Å². The maximum atomic E-state index is 9.21. The minimum atomic E-state index is 0.226. The molecule has 0 bridgehead atoms. The molecule has 1 aliphatic heterocycles. The topological polar surface area (TPSA) is 41.5 Å². The summed E-state index contributed by atoms with van der Waals surface area (Å²) in [5, 5.41) is 15.0. The van der Waals surface area contributed by atoms with Crippen LogP contribution in [0, 0.1) is 0 Å². The Morgan fingerprint density at radius 2 is 2.17 bits per heavy atom. The third kappa shape index (κ3) is 3.79. The number of hydrogen-bond acceptors (Lipinski definition) is 4. The molecule has 2 N–H and O–H groups in total. The number of ether oxygens (including phenoxy) is 1. The van der Waals surface area contributed by atoms with Crippen molar-refractivity contribution in [2.24, 2.45) is 0 Å². The van der Waals surface area contributed by atoms with Crippen molar-refractivity contribution in [2.45, 2.75) is 57.4 Å². The van der Waals surface area contributed by atoms with Crippen LogP contribution in [0.1, 0.15) is 44.0 Å². The highest BCUT2D eigenvalue weighted by molar-refractivity contribution is 7.10. The van der Waals surface area contributed by atoms with E-state index in [0.717, 1.165) is 19.3 Å². The Hall–Kier alpha value is -0.420. The van der Waals surface area contributed by atoms with Gasteiger partial charge in [-0.25, -0.2) is 0 Å². The highest BCUT2D eigenvalue weighted by Crippen LogP contribution is 2.26. The smallest absolute Gasteiger partial charge is 0.0565 e. The van der Waals surface area contributed by atoms with Crippen LogP contribution >= 0.6 is 11.3 Å². The molecule has 3 nitrogen and oxygen atoms in total. The monoisotopic (exact) mass is 269 g/mol. The minimum Gasteiger partial charge on any atom is -0.396 e. The largest absolute Gasteiger partial charge is 0.396 e. The van der Waals surface area contributed by atoms with Gasteiger partial charge in [-0.05, 0) is 44.6 Å². The third-order valence-corrected chi connectivity index (χ3v) is 4.42. The second-order valence-electron chi connectivity index (χ2n) is 5.17. The Morgan fingerprint density at radius 1 is 1.44 bits per heavy atom. The molecule has 0 amide bonds. The quantitative estimate of drug-likeness (QED) is 0.863. The molecule has 2 heterocycles. The number of thiophene rings is 1. The lowest BCUT2D eigenvalue weighted by Gasteiger charge is -2.34. The molecule has 18 heavy (non-hydrogen) atoms. The lowest BCUT2D eigenvalue weighted by Crippen LogP contribution is -2.42. The van der Waals surface area contributed by atoms with E-state index in [1.807, 2.05) is 0 Å². The van der Waals surface area contributed by atoms with Gasteiger partial charge in [0.1, 0.15) is 0 Å². The van der Waals surface area contributed by atoms with Crippen LogP contribution in [0.25, 0.3) is 0 Å². The average molecular weight is 269 g/mol. The summed E-state index contributed by atoms with van der Waals surface area (Å²) in [5.41, 5.74) is 0. The lowest BCUT2D eigenvalue weighted by atomic mass is 9.98. The maximum Gasteiger partial charge on any atom is 0.0565 e. The normalized spacial score (nSPS) is 30.3. The van der Waals surface area contributed by atoms with Crippen LogP contribution in [0.5, 0.6) is 0 Å². The zero-order valence-electron chi connectivity index (χ0n) is 11.1. The van der Waals surface area contributed by atoms with Gasteiger partial charge in [0.05, 0.1) is 12.2 Å². The Kier molecular flexibility index (Phi) is 5.18. The Morgan fingerprint density at radius 3 is 2.72 bits per heavy atom. The molecule has 0 radical (unpaired) electrons. The average Bonchev–Trinajstić information content (AvgIpc) is 2.80. The van der Waals surface area contributed by atoms with E-state index in [2.05, 4.69) is 36.7 Å². The Balaban J connectivity index is 1.96. The molecular formula is C14H23NO2S. The van der Waals surface area contributed by atoms with E-state index in [9.17, 15) is 5.11 Å². The fraction of sp³-hybridized carbons (Fsp3) is 0.714. The molecule has 4 heteroatoms. The van der Waals surface area contributed by atoms with Gasteiger partial charge in [0.25, 0.3) is 0 Å². The van der Waals surface area contributed by atoms with Crippen LogP contribution in [0.2, 0.25) is 0 Å². The van der Waals surface area contributed by atoms with Gasteiger partial charge in [0, 0.05) is 23.6 Å². The molecule has 1 aliphatic rings. The summed E-state index contributed by atoms with van der Waals surface area (Å²) in [6, 6.07) is 4.98. The molecule has 102 valence electrons. The zero-order valence-corrected chi connectivity index (χ0v) is 12.0. The number of hydrogen-bond donors (Lipinski definition) is 2. The van der Waals surface area contributed by atoms with Crippen molar-refractivity contribution >= 4 is 11.3 Å². The summed E-state index contributed by atoms with van der Waals surface area (Å²) >= 11 is 1.76. The Labute approximate surface area is 113 Å². The molecule has 3 atom stereocenters. The second kappa shape index (κ2) is 6.66. The third-order valence-electron chi connectivity index (χ3n) is 3.44. The summed E-state index contributed by atoms with van der Waals surface area (Å²) in [4.78, 5) is 1.32. The number of aliphatic hydroxyl groups is 1. The molecular weight excluding hydrogens is 246 g/mol. The van der Waals surface area contributed by atoms with Gasteiger partial charge < -0.3 is 15.2 Å². The first-order valence-corrected chi connectivity index (χ1v) is 7.62. The van der Waals surface area contributed by atoms with Crippen LogP contribution in [0.3, 0.4) is 0 Å². The van der Waals surface area contributed by atoms with E-state index < -0.39 is 0 Å². The standard InChI is InChI=1S/C14H23NO2S/c1-10-8-12(9-11(2)17-10)15-13(5-6-16)14-4-3-7-18-14/h3-4,7,10-13,15-16H,5-6,8-9H2,1-2H3. The first kappa shape index (κ1) is 14.0. The van der Waals surface area contributed by atoms with Crippen LogP contribution in [-0.4, -0.2) is 30.0 Å². The van der Waals surface area contributed by atoms with Crippen LogP contribution in [0.4, 0.5) is 0 Å². The van der Waals surface area contributed by atoms with Gasteiger partial charge in [0.15, 0.2) is 0 Å². The van der Waals surface area contributed by atoms with E-state index in [-0.39, 0.29) is 12.6 Å². The van der Waals surface area contributed by atoms with Crippen LogP contribution in [0.15, 0.2) is 17.5 Å². The van der Waals surface area contributed by atoms with Crippen molar-refractivity contribution in [3.8, 4) is 0 Å². The second-order valence-corrected chi connectivity index (χ2v) is 6.15. The minimum absolute atomic E-state index is 0.226. The summed E-state index contributed by atoms with van der Waals surface area (Å²) in [6.45, 7) is 4.50. The first-order valence-electron chi connectivity index (χ1n) is 6.74. The molecule has 0 spiro atoms. The van der Waals surface area contributed by atoms with Crippen molar-refractivity contribution in [3.63, 3.8) is 0 Å². The fourth-order valence-corrected chi connectivity index (χ4v) is 3.57. The molecule has 0 aromatic carbocycles. The Bertz CT molecular complexity index is 332. The molecule has 3 unspecified atom stereocenters. The maximum absolute atomic E-state index is 9.21. The number of nitrogens with one attached hydrogen (secondary N) is 1. The predicted octanol–water partition coefficient (Wildman–Crippen LogP) is 2.72. The molecule has 1 fully saturated rings. The summed E-state index contributed by atoms with van der Waals surface area (Å²) in [5.74, 6) is 0. The van der Waals surface area contributed by atoms with Crippen molar-refractivity contribution in [2.75, 3.05) is 6.61 Å². The van der Waals surface area contributed by atoms with E-state index in [4.69, 9.17) is 4.74 Å². The van der Waals surface area contributed by atoms with Crippen molar-refractivity contribution in [3.05, 3.63) is 22.4 Å². The number of rotatable bonds is 5. The molecule has 2 rings (SSSR count). The molecule has 1 aromatic rings.